The second-order valence-corrected chi connectivity index (χ2v) is 5.96. The van der Waals surface area contributed by atoms with Crippen molar-refractivity contribution in [2.75, 3.05) is 7.05 Å². The average Bonchev–Trinajstić information content (AvgIpc) is 2.54. The van der Waals surface area contributed by atoms with Crippen LogP contribution < -0.4 is 0 Å². The fourth-order valence-electron chi connectivity index (χ4n) is 2.57. The smallest absolute Gasteiger partial charge is 0.132 e. The van der Waals surface area contributed by atoms with E-state index in [9.17, 15) is 4.39 Å². The number of rotatable bonds is 2. The van der Waals surface area contributed by atoms with E-state index >= 15 is 0 Å². The molecule has 0 fully saturated rings. The Morgan fingerprint density at radius 2 is 1.64 bits per heavy atom. The molecule has 0 bridgehead atoms. The molecule has 1 aliphatic rings. The highest BCUT2D eigenvalue weighted by Gasteiger charge is 2.24. The zero-order chi connectivity index (χ0) is 15.7. The van der Waals surface area contributed by atoms with Crippen LogP contribution in [-0.4, -0.2) is 11.9 Å². The van der Waals surface area contributed by atoms with Crippen LogP contribution in [0.25, 0.3) is 11.3 Å². The van der Waals surface area contributed by atoms with Gasteiger partial charge >= 0.3 is 0 Å². The molecule has 22 heavy (non-hydrogen) atoms. The topological polar surface area (TPSA) is 3.24 Å². The van der Waals surface area contributed by atoms with E-state index in [1.807, 2.05) is 54.4 Å². The van der Waals surface area contributed by atoms with E-state index in [2.05, 4.69) is 22.5 Å². The SMILES string of the molecule is C=C1C(Br)=CC(c2ccccc2)=C(c2ccccc2F)N1C. The Bertz CT molecular complexity index is 790. The highest BCUT2D eigenvalue weighted by molar-refractivity contribution is 9.12. The van der Waals surface area contributed by atoms with Crippen LogP contribution >= 0.6 is 15.9 Å². The summed E-state index contributed by atoms with van der Waals surface area (Å²) in [6.07, 6.45) is 2.00. The first-order valence-corrected chi connectivity index (χ1v) is 7.73. The highest BCUT2D eigenvalue weighted by atomic mass is 79.9. The van der Waals surface area contributed by atoms with Crippen molar-refractivity contribution in [2.24, 2.45) is 0 Å². The van der Waals surface area contributed by atoms with Crippen LogP contribution in [0.2, 0.25) is 0 Å². The molecule has 0 unspecified atom stereocenters. The summed E-state index contributed by atoms with van der Waals surface area (Å²) in [6.45, 7) is 4.06. The van der Waals surface area contributed by atoms with E-state index < -0.39 is 0 Å². The first-order valence-electron chi connectivity index (χ1n) is 6.94. The lowest BCUT2D eigenvalue weighted by molar-refractivity contribution is 0.587. The van der Waals surface area contributed by atoms with Gasteiger partial charge in [-0.2, -0.15) is 0 Å². The van der Waals surface area contributed by atoms with Gasteiger partial charge in [0.1, 0.15) is 5.82 Å². The molecule has 1 aliphatic heterocycles. The van der Waals surface area contributed by atoms with Crippen LogP contribution in [0.3, 0.4) is 0 Å². The van der Waals surface area contributed by atoms with Crippen LogP contribution in [-0.2, 0) is 0 Å². The predicted octanol–water partition coefficient (Wildman–Crippen LogP) is 5.43. The Labute approximate surface area is 138 Å². The standard InChI is InChI=1S/C19H15BrFN/c1-13-17(20)12-16(14-8-4-3-5-9-14)19(22(13)2)15-10-6-7-11-18(15)21/h3-12H,1H2,2H3. The van der Waals surface area contributed by atoms with Gasteiger partial charge in [0.05, 0.1) is 5.70 Å². The molecule has 1 nitrogen and oxygen atoms in total. The average molecular weight is 356 g/mol. The summed E-state index contributed by atoms with van der Waals surface area (Å²) in [4.78, 5) is 1.92. The maximum Gasteiger partial charge on any atom is 0.132 e. The third kappa shape index (κ3) is 2.53. The summed E-state index contributed by atoms with van der Waals surface area (Å²) < 4.78 is 15.2. The first-order chi connectivity index (χ1) is 10.6. The Morgan fingerprint density at radius 1 is 1.00 bits per heavy atom. The molecule has 0 aliphatic carbocycles. The van der Waals surface area contributed by atoms with Crippen LogP contribution in [0.5, 0.6) is 0 Å². The van der Waals surface area contributed by atoms with Gasteiger partial charge < -0.3 is 4.90 Å². The monoisotopic (exact) mass is 355 g/mol. The highest BCUT2D eigenvalue weighted by Crippen LogP contribution is 2.40. The Kier molecular flexibility index (Phi) is 3.99. The number of halogens is 2. The molecular weight excluding hydrogens is 341 g/mol. The van der Waals surface area contributed by atoms with Crippen LogP contribution in [0.1, 0.15) is 11.1 Å². The number of likely N-dealkylation sites (N-methyl/N-ethyl adjacent to an activating group) is 1. The van der Waals surface area contributed by atoms with E-state index in [1.165, 1.54) is 6.07 Å². The Morgan fingerprint density at radius 3 is 2.32 bits per heavy atom. The van der Waals surface area contributed by atoms with E-state index in [1.54, 1.807) is 12.1 Å². The van der Waals surface area contributed by atoms with E-state index in [-0.39, 0.29) is 5.82 Å². The molecule has 0 spiro atoms. The maximum atomic E-state index is 14.3. The van der Waals surface area contributed by atoms with Gasteiger partial charge in [-0.25, -0.2) is 4.39 Å². The fraction of sp³-hybridized carbons (Fsp3) is 0.0526. The number of nitrogens with zero attached hydrogens (tertiary/aromatic N) is 1. The van der Waals surface area contributed by atoms with Gasteiger partial charge in [0.25, 0.3) is 0 Å². The summed E-state index contributed by atoms with van der Waals surface area (Å²) in [5.41, 5.74) is 4.20. The zero-order valence-electron chi connectivity index (χ0n) is 12.2. The molecule has 3 heteroatoms. The Balaban J connectivity index is 2.31. The second kappa shape index (κ2) is 5.93. The molecule has 3 rings (SSSR count). The largest absolute Gasteiger partial charge is 0.343 e. The quantitative estimate of drug-likeness (QED) is 0.693. The minimum Gasteiger partial charge on any atom is -0.343 e. The molecule has 110 valence electrons. The van der Waals surface area contributed by atoms with Gasteiger partial charge in [-0.15, -0.1) is 0 Å². The van der Waals surface area contributed by atoms with Gasteiger partial charge in [-0.05, 0) is 39.7 Å². The first kappa shape index (κ1) is 14.8. The van der Waals surface area contributed by atoms with Crippen LogP contribution in [0, 0.1) is 5.82 Å². The lowest BCUT2D eigenvalue weighted by Gasteiger charge is -2.31. The molecule has 0 saturated heterocycles. The van der Waals surface area contributed by atoms with Gasteiger partial charge in [-0.1, -0.05) is 49.0 Å². The molecule has 0 aromatic heterocycles. The molecule has 2 aromatic carbocycles. The van der Waals surface area contributed by atoms with Crippen molar-refractivity contribution >= 4 is 27.2 Å². The molecule has 0 N–H and O–H groups in total. The van der Waals surface area contributed by atoms with Crippen LogP contribution in [0.15, 0.2) is 77.4 Å². The number of hydrogen-bond donors (Lipinski definition) is 0. The molecular formula is C19H15BrFN. The van der Waals surface area contributed by atoms with Crippen molar-refractivity contribution < 1.29 is 4.39 Å². The zero-order valence-corrected chi connectivity index (χ0v) is 13.8. The molecule has 0 amide bonds. The summed E-state index contributed by atoms with van der Waals surface area (Å²) in [7, 11) is 1.90. The van der Waals surface area contributed by atoms with Crippen molar-refractivity contribution in [1.82, 2.24) is 4.90 Å². The van der Waals surface area contributed by atoms with Crippen LogP contribution in [0.4, 0.5) is 4.39 Å². The minimum absolute atomic E-state index is 0.239. The number of allylic oxidation sites excluding steroid dienone is 3. The Hall–Kier alpha value is -2.13. The second-order valence-electron chi connectivity index (χ2n) is 5.11. The third-order valence-electron chi connectivity index (χ3n) is 3.76. The normalized spacial score (nSPS) is 15.1. The predicted molar refractivity (Wildman–Crippen MR) is 93.6 cm³/mol. The van der Waals surface area contributed by atoms with Crippen molar-refractivity contribution in [3.8, 4) is 0 Å². The van der Waals surface area contributed by atoms with Crippen molar-refractivity contribution in [3.05, 3.63) is 94.4 Å². The van der Waals surface area contributed by atoms with Gasteiger partial charge in [0.2, 0.25) is 0 Å². The summed E-state index contributed by atoms with van der Waals surface area (Å²) in [6, 6.07) is 16.8. The lowest BCUT2D eigenvalue weighted by atomic mass is 9.95. The summed E-state index contributed by atoms with van der Waals surface area (Å²) in [5, 5.41) is 0. The van der Waals surface area contributed by atoms with E-state index in [4.69, 9.17) is 0 Å². The molecule has 2 aromatic rings. The third-order valence-corrected chi connectivity index (χ3v) is 4.44. The summed E-state index contributed by atoms with van der Waals surface area (Å²) in [5.74, 6) is -0.239. The van der Waals surface area contributed by atoms with E-state index in [0.717, 1.165) is 27.0 Å². The molecule has 0 saturated carbocycles. The van der Waals surface area contributed by atoms with Gasteiger partial charge in [0, 0.05) is 28.4 Å². The number of hydrogen-bond acceptors (Lipinski definition) is 1. The minimum atomic E-state index is -0.239. The van der Waals surface area contributed by atoms with Crippen molar-refractivity contribution in [2.45, 2.75) is 0 Å². The fourth-order valence-corrected chi connectivity index (χ4v) is 3.07. The lowest BCUT2D eigenvalue weighted by Crippen LogP contribution is -2.21. The summed E-state index contributed by atoms with van der Waals surface area (Å²) >= 11 is 3.54. The molecule has 0 atom stereocenters. The van der Waals surface area contributed by atoms with Crippen molar-refractivity contribution in [3.63, 3.8) is 0 Å². The maximum absolute atomic E-state index is 14.3. The van der Waals surface area contributed by atoms with Gasteiger partial charge in [0.15, 0.2) is 0 Å². The molecule has 0 radical (unpaired) electrons. The van der Waals surface area contributed by atoms with E-state index in [0.29, 0.717) is 5.56 Å². The number of benzene rings is 2. The van der Waals surface area contributed by atoms with Gasteiger partial charge in [-0.3, -0.25) is 0 Å². The molecule has 1 heterocycles. The van der Waals surface area contributed by atoms with Crippen molar-refractivity contribution in [1.29, 1.82) is 0 Å².